The molecule has 4 aromatic rings. The number of pyridine rings is 2. The van der Waals surface area contributed by atoms with Gasteiger partial charge < -0.3 is 0 Å². The molecule has 1 aliphatic rings. The van der Waals surface area contributed by atoms with Crippen LogP contribution in [0.25, 0.3) is 0 Å². The van der Waals surface area contributed by atoms with E-state index in [1.165, 1.54) is 24.5 Å². The number of halogens is 2. The molecule has 0 saturated carbocycles. The Kier molecular flexibility index (Phi) is 5.10. The molecule has 3 nitrogen and oxygen atoms in total. The first-order chi connectivity index (χ1) is 15.6. The molecule has 0 amide bonds. The van der Waals surface area contributed by atoms with Crippen molar-refractivity contribution in [3.05, 3.63) is 130 Å². The average molecular weight is 425 g/mol. The van der Waals surface area contributed by atoms with Crippen molar-refractivity contribution in [1.82, 2.24) is 9.97 Å². The Morgan fingerprint density at radius 1 is 0.719 bits per heavy atom. The zero-order valence-electron chi connectivity index (χ0n) is 17.6. The quantitative estimate of drug-likeness (QED) is 0.416. The van der Waals surface area contributed by atoms with Crippen LogP contribution in [0.3, 0.4) is 0 Å². The summed E-state index contributed by atoms with van der Waals surface area (Å²) in [6.07, 6.45) is 4.04. The van der Waals surface area contributed by atoms with Crippen molar-refractivity contribution in [2.24, 2.45) is 4.99 Å². The normalized spacial score (nSPS) is 13.9. The van der Waals surface area contributed by atoms with E-state index in [2.05, 4.69) is 39.2 Å². The lowest BCUT2D eigenvalue weighted by Crippen LogP contribution is -2.40. The maximum Gasteiger partial charge on any atom is 0.213 e. The van der Waals surface area contributed by atoms with Crippen molar-refractivity contribution in [2.45, 2.75) is 18.3 Å². The van der Waals surface area contributed by atoms with Crippen molar-refractivity contribution in [3.63, 3.8) is 0 Å². The lowest BCUT2D eigenvalue weighted by Gasteiger charge is -2.42. The highest BCUT2D eigenvalue weighted by molar-refractivity contribution is 6.16. The van der Waals surface area contributed by atoms with Gasteiger partial charge in [0.2, 0.25) is 11.9 Å². The third kappa shape index (κ3) is 3.40. The molecular formula is C27H21F2N3. The Morgan fingerprint density at radius 2 is 1.19 bits per heavy atom. The van der Waals surface area contributed by atoms with E-state index >= 15 is 0 Å². The molecular weight excluding hydrogens is 404 g/mol. The van der Waals surface area contributed by atoms with E-state index in [4.69, 9.17) is 0 Å². The number of fused-ring (bicyclic) bond motifs is 2. The molecule has 2 heterocycles. The molecule has 0 bridgehead atoms. The Labute approximate surface area is 185 Å². The first-order valence-electron chi connectivity index (χ1n) is 10.5. The van der Waals surface area contributed by atoms with Gasteiger partial charge in [-0.05, 0) is 59.4 Å². The van der Waals surface area contributed by atoms with Crippen molar-refractivity contribution in [3.8, 4) is 0 Å². The van der Waals surface area contributed by atoms with Crippen molar-refractivity contribution in [2.75, 3.05) is 7.05 Å². The summed E-state index contributed by atoms with van der Waals surface area (Å²) < 4.78 is 28.1. The standard InChI is InChI=1S/C27H21F2N3/c1-30-26-20-6-2-4-8-22(20)27(23-9-5-3-7-21(23)26,16-18-10-12-31-24(28)14-18)17-19-11-13-32-25(29)15-19/h2-15H,16-17H2,1H3. The predicted molar refractivity (Wildman–Crippen MR) is 121 cm³/mol. The number of nitrogens with zero attached hydrogens (tertiary/aromatic N) is 3. The molecule has 158 valence electrons. The summed E-state index contributed by atoms with van der Waals surface area (Å²) in [6, 6.07) is 23.0. The zero-order chi connectivity index (χ0) is 22.1. The van der Waals surface area contributed by atoms with Gasteiger partial charge in [0.15, 0.2) is 0 Å². The van der Waals surface area contributed by atoms with Crippen LogP contribution in [0.4, 0.5) is 8.78 Å². The minimum Gasteiger partial charge on any atom is -0.287 e. The van der Waals surface area contributed by atoms with Gasteiger partial charge in [0, 0.05) is 36.0 Å². The van der Waals surface area contributed by atoms with E-state index < -0.39 is 17.3 Å². The molecule has 0 unspecified atom stereocenters. The van der Waals surface area contributed by atoms with Crippen LogP contribution in [0.2, 0.25) is 0 Å². The van der Waals surface area contributed by atoms with Crippen LogP contribution < -0.4 is 0 Å². The van der Waals surface area contributed by atoms with Gasteiger partial charge in [-0.2, -0.15) is 8.78 Å². The summed E-state index contributed by atoms with van der Waals surface area (Å²) in [7, 11) is 1.80. The molecule has 0 spiro atoms. The third-order valence-corrected chi connectivity index (χ3v) is 6.21. The summed E-state index contributed by atoms with van der Waals surface area (Å²) in [5.41, 5.74) is 6.29. The SMILES string of the molecule is CN=C1c2ccccc2C(Cc2ccnc(F)c2)(Cc2ccnc(F)c2)c2ccccc21. The van der Waals surface area contributed by atoms with E-state index in [9.17, 15) is 8.78 Å². The van der Waals surface area contributed by atoms with Crippen LogP contribution in [0.15, 0.2) is 90.2 Å². The number of hydrogen-bond donors (Lipinski definition) is 0. The first-order valence-corrected chi connectivity index (χ1v) is 10.5. The van der Waals surface area contributed by atoms with Gasteiger partial charge in [-0.25, -0.2) is 9.97 Å². The fourth-order valence-corrected chi connectivity index (χ4v) is 4.99. The predicted octanol–water partition coefficient (Wildman–Crippen LogP) is 5.31. The van der Waals surface area contributed by atoms with Crippen molar-refractivity contribution >= 4 is 5.71 Å². The highest BCUT2D eigenvalue weighted by atomic mass is 19.1. The fourth-order valence-electron chi connectivity index (χ4n) is 4.99. The van der Waals surface area contributed by atoms with Gasteiger partial charge in [-0.3, -0.25) is 4.99 Å². The summed E-state index contributed by atoms with van der Waals surface area (Å²) in [5, 5.41) is 0. The second kappa shape index (κ2) is 8.08. The highest BCUT2D eigenvalue weighted by Crippen LogP contribution is 2.46. The molecule has 2 aromatic carbocycles. The Morgan fingerprint density at radius 3 is 1.62 bits per heavy atom. The van der Waals surface area contributed by atoms with E-state index in [1.54, 1.807) is 7.05 Å². The van der Waals surface area contributed by atoms with E-state index in [1.807, 2.05) is 36.4 Å². The van der Waals surface area contributed by atoms with E-state index in [0.29, 0.717) is 12.8 Å². The lowest BCUT2D eigenvalue weighted by atomic mass is 9.61. The van der Waals surface area contributed by atoms with Gasteiger partial charge in [0.25, 0.3) is 0 Å². The van der Waals surface area contributed by atoms with E-state index in [0.717, 1.165) is 39.1 Å². The van der Waals surface area contributed by atoms with E-state index in [-0.39, 0.29) is 0 Å². The summed E-state index contributed by atoms with van der Waals surface area (Å²) in [6.45, 7) is 0. The van der Waals surface area contributed by atoms with Gasteiger partial charge in [-0.15, -0.1) is 0 Å². The highest BCUT2D eigenvalue weighted by Gasteiger charge is 2.42. The smallest absolute Gasteiger partial charge is 0.213 e. The number of hydrogen-bond acceptors (Lipinski definition) is 3. The maximum atomic E-state index is 14.0. The van der Waals surface area contributed by atoms with Gasteiger partial charge in [0.05, 0.1) is 5.71 Å². The second-order valence-corrected chi connectivity index (χ2v) is 8.07. The van der Waals surface area contributed by atoms with Crippen molar-refractivity contribution in [1.29, 1.82) is 0 Å². The summed E-state index contributed by atoms with van der Waals surface area (Å²) in [4.78, 5) is 12.1. The molecule has 0 aliphatic heterocycles. The minimum atomic E-state index is -0.553. The van der Waals surface area contributed by atoms with Crippen LogP contribution in [0.5, 0.6) is 0 Å². The Bertz CT molecular complexity index is 1230. The van der Waals surface area contributed by atoms with Crippen LogP contribution in [-0.2, 0) is 18.3 Å². The first kappa shape index (κ1) is 20.2. The number of aliphatic imine (C=N–C) groups is 1. The molecule has 5 heteroatoms. The monoisotopic (exact) mass is 425 g/mol. The molecule has 0 fully saturated rings. The molecule has 5 rings (SSSR count). The second-order valence-electron chi connectivity index (χ2n) is 8.07. The van der Waals surface area contributed by atoms with Crippen LogP contribution in [0, 0.1) is 11.9 Å². The average Bonchev–Trinajstić information content (AvgIpc) is 2.80. The summed E-state index contributed by atoms with van der Waals surface area (Å²) in [5.74, 6) is -1.03. The molecule has 0 atom stereocenters. The van der Waals surface area contributed by atoms with Gasteiger partial charge in [-0.1, -0.05) is 48.5 Å². The Balaban J connectivity index is 1.81. The maximum absolute atomic E-state index is 14.0. The van der Waals surface area contributed by atoms with Crippen LogP contribution in [0.1, 0.15) is 33.4 Å². The van der Waals surface area contributed by atoms with Crippen molar-refractivity contribution < 1.29 is 8.78 Å². The topological polar surface area (TPSA) is 38.1 Å². The van der Waals surface area contributed by atoms with Gasteiger partial charge in [0.1, 0.15) is 0 Å². The Hall–Kier alpha value is -3.73. The fraction of sp³-hybridized carbons (Fsp3) is 0.148. The molecule has 1 aliphatic carbocycles. The lowest BCUT2D eigenvalue weighted by molar-refractivity contribution is 0.494. The number of rotatable bonds is 4. The van der Waals surface area contributed by atoms with Gasteiger partial charge >= 0.3 is 0 Å². The molecule has 32 heavy (non-hydrogen) atoms. The molecule has 0 N–H and O–H groups in total. The van der Waals surface area contributed by atoms with Crippen LogP contribution >= 0.6 is 0 Å². The molecule has 0 saturated heterocycles. The number of aromatic nitrogens is 2. The molecule has 2 aromatic heterocycles. The molecule has 0 radical (unpaired) electrons. The largest absolute Gasteiger partial charge is 0.287 e. The minimum absolute atomic E-state index is 0.513. The summed E-state index contributed by atoms with van der Waals surface area (Å²) >= 11 is 0. The number of benzene rings is 2. The third-order valence-electron chi connectivity index (χ3n) is 6.21. The zero-order valence-corrected chi connectivity index (χ0v) is 17.6. The van der Waals surface area contributed by atoms with Crippen LogP contribution in [-0.4, -0.2) is 22.7 Å².